The first-order valence-electron chi connectivity index (χ1n) is 8.45. The minimum atomic E-state index is -0.147. The summed E-state index contributed by atoms with van der Waals surface area (Å²) in [6, 6.07) is 21.0. The Hall–Kier alpha value is -2.72. The van der Waals surface area contributed by atoms with E-state index in [2.05, 4.69) is 5.32 Å². The van der Waals surface area contributed by atoms with Gasteiger partial charge in [0.1, 0.15) is 11.5 Å². The Labute approximate surface area is 158 Å². The first kappa shape index (κ1) is 18.1. The molecule has 26 heavy (non-hydrogen) atoms. The van der Waals surface area contributed by atoms with Crippen LogP contribution < -0.4 is 5.32 Å². The standard InChI is InChI=1S/C21H21ClN2O2/c1-15(16-6-4-3-5-7-16)24(2)21(25)23-14-19-12-13-20(26-19)17-8-10-18(22)11-9-17/h3-13,15H,14H2,1-2H3,(H,23,25)/t15-/m1/s1. The van der Waals surface area contributed by atoms with Gasteiger partial charge in [0.25, 0.3) is 0 Å². The summed E-state index contributed by atoms with van der Waals surface area (Å²) in [5.41, 5.74) is 2.04. The third-order valence-corrected chi connectivity index (χ3v) is 4.64. The van der Waals surface area contributed by atoms with Gasteiger partial charge < -0.3 is 14.6 Å². The van der Waals surface area contributed by atoms with Gasteiger partial charge in [0.15, 0.2) is 0 Å². The van der Waals surface area contributed by atoms with Crippen LogP contribution in [0.1, 0.15) is 24.3 Å². The van der Waals surface area contributed by atoms with E-state index >= 15 is 0 Å². The summed E-state index contributed by atoms with van der Waals surface area (Å²) in [6.07, 6.45) is 0. The van der Waals surface area contributed by atoms with E-state index < -0.39 is 0 Å². The first-order valence-corrected chi connectivity index (χ1v) is 8.82. The van der Waals surface area contributed by atoms with Gasteiger partial charge in [-0.3, -0.25) is 0 Å². The molecule has 3 aromatic rings. The van der Waals surface area contributed by atoms with Gasteiger partial charge in [-0.1, -0.05) is 41.9 Å². The second-order valence-corrected chi connectivity index (χ2v) is 6.57. The number of rotatable bonds is 5. The zero-order valence-electron chi connectivity index (χ0n) is 14.8. The van der Waals surface area contributed by atoms with Crippen LogP contribution in [-0.2, 0) is 6.54 Å². The summed E-state index contributed by atoms with van der Waals surface area (Å²) >= 11 is 5.91. The molecule has 2 aromatic carbocycles. The molecule has 0 aliphatic rings. The maximum atomic E-state index is 12.4. The van der Waals surface area contributed by atoms with Gasteiger partial charge in [0.05, 0.1) is 12.6 Å². The number of benzene rings is 2. The van der Waals surface area contributed by atoms with E-state index in [0.29, 0.717) is 17.3 Å². The molecule has 0 aliphatic carbocycles. The van der Waals surface area contributed by atoms with E-state index in [1.54, 1.807) is 11.9 Å². The fourth-order valence-electron chi connectivity index (χ4n) is 2.66. The lowest BCUT2D eigenvalue weighted by Gasteiger charge is -2.25. The highest BCUT2D eigenvalue weighted by atomic mass is 35.5. The quantitative estimate of drug-likeness (QED) is 0.646. The number of amides is 2. The summed E-state index contributed by atoms with van der Waals surface area (Å²) in [4.78, 5) is 14.1. The van der Waals surface area contributed by atoms with Crippen molar-refractivity contribution in [1.29, 1.82) is 0 Å². The Morgan fingerprint density at radius 2 is 1.77 bits per heavy atom. The van der Waals surface area contributed by atoms with Crippen LogP contribution in [0.5, 0.6) is 0 Å². The van der Waals surface area contributed by atoms with E-state index in [0.717, 1.165) is 16.9 Å². The zero-order chi connectivity index (χ0) is 18.5. The fraction of sp³-hybridized carbons (Fsp3) is 0.190. The summed E-state index contributed by atoms with van der Waals surface area (Å²) in [5.74, 6) is 1.45. The largest absolute Gasteiger partial charge is 0.459 e. The summed E-state index contributed by atoms with van der Waals surface area (Å²) in [6.45, 7) is 2.33. The van der Waals surface area contributed by atoms with Crippen molar-refractivity contribution in [3.8, 4) is 11.3 Å². The molecule has 134 valence electrons. The lowest BCUT2D eigenvalue weighted by molar-refractivity contribution is 0.193. The van der Waals surface area contributed by atoms with E-state index in [1.165, 1.54) is 0 Å². The molecule has 3 rings (SSSR count). The molecule has 0 unspecified atom stereocenters. The Bertz CT molecular complexity index is 859. The second kappa shape index (κ2) is 8.11. The van der Waals surface area contributed by atoms with Gasteiger partial charge in [-0.2, -0.15) is 0 Å². The lowest BCUT2D eigenvalue weighted by Crippen LogP contribution is -2.38. The van der Waals surface area contributed by atoms with Gasteiger partial charge in [-0.05, 0) is 48.9 Å². The van der Waals surface area contributed by atoms with Crippen LogP contribution in [0.25, 0.3) is 11.3 Å². The van der Waals surface area contributed by atoms with Crippen molar-refractivity contribution in [1.82, 2.24) is 10.2 Å². The van der Waals surface area contributed by atoms with Crippen LogP contribution in [0.15, 0.2) is 71.1 Å². The maximum absolute atomic E-state index is 12.4. The molecule has 2 amide bonds. The van der Waals surface area contributed by atoms with E-state index in [9.17, 15) is 4.79 Å². The van der Waals surface area contributed by atoms with Crippen molar-refractivity contribution in [3.63, 3.8) is 0 Å². The minimum Gasteiger partial charge on any atom is -0.459 e. The van der Waals surface area contributed by atoms with E-state index in [-0.39, 0.29) is 12.1 Å². The van der Waals surface area contributed by atoms with Crippen LogP contribution in [-0.4, -0.2) is 18.0 Å². The molecule has 1 heterocycles. The number of halogens is 1. The predicted octanol–water partition coefficient (Wildman–Crippen LogP) is 5.50. The zero-order valence-corrected chi connectivity index (χ0v) is 15.5. The number of nitrogens with zero attached hydrogens (tertiary/aromatic N) is 1. The molecule has 0 fully saturated rings. The summed E-state index contributed by atoms with van der Waals surface area (Å²) < 4.78 is 5.81. The topological polar surface area (TPSA) is 45.5 Å². The van der Waals surface area contributed by atoms with Gasteiger partial charge in [0, 0.05) is 17.6 Å². The van der Waals surface area contributed by atoms with Gasteiger partial charge in [0.2, 0.25) is 0 Å². The Morgan fingerprint density at radius 3 is 2.46 bits per heavy atom. The molecule has 0 bridgehead atoms. The monoisotopic (exact) mass is 368 g/mol. The highest BCUT2D eigenvalue weighted by Gasteiger charge is 2.17. The summed E-state index contributed by atoms with van der Waals surface area (Å²) in [5, 5.41) is 3.58. The van der Waals surface area contributed by atoms with Gasteiger partial charge in [-0.25, -0.2) is 4.79 Å². The van der Waals surface area contributed by atoms with Crippen LogP contribution in [0.3, 0.4) is 0 Å². The van der Waals surface area contributed by atoms with Crippen molar-refractivity contribution in [3.05, 3.63) is 83.1 Å². The van der Waals surface area contributed by atoms with Crippen molar-refractivity contribution in [2.75, 3.05) is 7.05 Å². The Morgan fingerprint density at radius 1 is 1.08 bits per heavy atom. The number of carbonyl (C=O) groups excluding carboxylic acids is 1. The first-order chi connectivity index (χ1) is 12.5. The van der Waals surface area contributed by atoms with Crippen molar-refractivity contribution in [2.24, 2.45) is 0 Å². The summed E-state index contributed by atoms with van der Waals surface area (Å²) in [7, 11) is 1.79. The number of hydrogen-bond donors (Lipinski definition) is 1. The highest BCUT2D eigenvalue weighted by molar-refractivity contribution is 6.30. The average Bonchev–Trinajstić information content (AvgIpc) is 3.15. The molecule has 0 saturated carbocycles. The molecular weight excluding hydrogens is 348 g/mol. The van der Waals surface area contributed by atoms with Gasteiger partial charge in [-0.15, -0.1) is 0 Å². The van der Waals surface area contributed by atoms with Crippen LogP contribution >= 0.6 is 11.6 Å². The smallest absolute Gasteiger partial charge is 0.318 e. The van der Waals surface area contributed by atoms with Crippen LogP contribution in [0.2, 0.25) is 5.02 Å². The molecule has 0 spiro atoms. The lowest BCUT2D eigenvalue weighted by atomic mass is 10.1. The molecular formula is C21H21ClN2O2. The molecule has 1 aromatic heterocycles. The van der Waals surface area contributed by atoms with Crippen LogP contribution in [0, 0.1) is 0 Å². The maximum Gasteiger partial charge on any atom is 0.318 e. The number of furan rings is 1. The third-order valence-electron chi connectivity index (χ3n) is 4.39. The third kappa shape index (κ3) is 4.27. The number of hydrogen-bond acceptors (Lipinski definition) is 2. The Balaban J connectivity index is 1.58. The normalized spacial score (nSPS) is 11.8. The molecule has 1 N–H and O–H groups in total. The van der Waals surface area contributed by atoms with Crippen molar-refractivity contribution in [2.45, 2.75) is 19.5 Å². The molecule has 4 nitrogen and oxygen atoms in total. The SMILES string of the molecule is C[C@H](c1ccccc1)N(C)C(=O)NCc1ccc(-c2ccc(Cl)cc2)o1. The van der Waals surface area contributed by atoms with Gasteiger partial charge >= 0.3 is 6.03 Å². The minimum absolute atomic E-state index is 0.0163. The van der Waals surface area contributed by atoms with E-state index in [1.807, 2.05) is 73.7 Å². The van der Waals surface area contributed by atoms with Crippen LogP contribution in [0.4, 0.5) is 4.79 Å². The second-order valence-electron chi connectivity index (χ2n) is 6.13. The molecule has 0 saturated heterocycles. The van der Waals surface area contributed by atoms with Crippen molar-refractivity contribution < 1.29 is 9.21 Å². The van der Waals surface area contributed by atoms with E-state index in [4.69, 9.17) is 16.0 Å². The Kier molecular flexibility index (Phi) is 5.64. The number of urea groups is 1. The highest BCUT2D eigenvalue weighted by Crippen LogP contribution is 2.24. The fourth-order valence-corrected chi connectivity index (χ4v) is 2.79. The molecule has 0 aliphatic heterocycles. The molecule has 0 radical (unpaired) electrons. The predicted molar refractivity (Wildman–Crippen MR) is 104 cm³/mol. The average molecular weight is 369 g/mol. The molecule has 1 atom stereocenters. The number of carbonyl (C=O) groups is 1. The van der Waals surface area contributed by atoms with Crippen molar-refractivity contribution >= 4 is 17.6 Å². The number of nitrogens with one attached hydrogen (secondary N) is 1. The molecule has 5 heteroatoms.